The van der Waals surface area contributed by atoms with Gasteiger partial charge in [0.2, 0.25) is 0 Å². The highest BCUT2D eigenvalue weighted by molar-refractivity contribution is 9.09. The van der Waals surface area contributed by atoms with Crippen LogP contribution in [0.15, 0.2) is 0 Å². The zero-order chi connectivity index (χ0) is 5.56. The molecule has 2 rings (SSSR count). The topological polar surface area (TPSA) is 12.0 Å². The molecule has 1 aliphatic carbocycles. The Morgan fingerprint density at radius 2 is 2.25 bits per heavy atom. The fraction of sp³-hybridized carbons (Fsp3) is 1.00. The third-order valence-electron chi connectivity index (χ3n) is 2.33. The van der Waals surface area contributed by atoms with Gasteiger partial charge in [-0.15, -0.1) is 0 Å². The molecule has 0 radical (unpaired) electrons. The van der Waals surface area contributed by atoms with Crippen LogP contribution in [0.3, 0.4) is 0 Å². The smallest absolute Gasteiger partial charge is 0.0339 e. The summed E-state index contributed by atoms with van der Waals surface area (Å²) in [6.45, 7) is 1.25. The van der Waals surface area contributed by atoms with Crippen molar-refractivity contribution >= 4 is 15.9 Å². The lowest BCUT2D eigenvalue weighted by molar-refractivity contribution is 0.504. The van der Waals surface area contributed by atoms with Crippen molar-refractivity contribution in [2.45, 2.75) is 23.7 Å². The third kappa shape index (κ3) is 0.560. The molecule has 1 nitrogen and oxygen atoms in total. The van der Waals surface area contributed by atoms with Gasteiger partial charge in [-0.05, 0) is 25.3 Å². The van der Waals surface area contributed by atoms with Crippen LogP contribution in [0.5, 0.6) is 0 Å². The van der Waals surface area contributed by atoms with E-state index < -0.39 is 0 Å². The quantitative estimate of drug-likeness (QED) is 0.545. The average molecular weight is 176 g/mol. The van der Waals surface area contributed by atoms with E-state index in [1.165, 1.54) is 19.4 Å². The van der Waals surface area contributed by atoms with Gasteiger partial charge in [0, 0.05) is 10.9 Å². The first kappa shape index (κ1) is 5.24. The summed E-state index contributed by atoms with van der Waals surface area (Å²) in [7, 11) is 0. The molecule has 1 heterocycles. The van der Waals surface area contributed by atoms with Crippen molar-refractivity contribution in [1.82, 2.24) is 5.32 Å². The number of alkyl halides is 1. The van der Waals surface area contributed by atoms with Gasteiger partial charge in [0.25, 0.3) is 0 Å². The number of hydrogen-bond donors (Lipinski definition) is 1. The molecule has 2 heteroatoms. The Morgan fingerprint density at radius 1 is 1.38 bits per heavy atom. The van der Waals surface area contributed by atoms with Gasteiger partial charge in [0.05, 0.1) is 0 Å². The molecule has 2 fully saturated rings. The highest BCUT2D eigenvalue weighted by atomic mass is 79.9. The minimum Gasteiger partial charge on any atom is -0.313 e. The zero-order valence-corrected chi connectivity index (χ0v) is 6.32. The van der Waals surface area contributed by atoms with E-state index >= 15 is 0 Å². The average Bonchev–Trinajstić information content (AvgIpc) is 2.29. The minimum absolute atomic E-state index is 0.794. The molecule has 0 spiro atoms. The van der Waals surface area contributed by atoms with Crippen molar-refractivity contribution in [1.29, 1.82) is 0 Å². The number of nitrogens with one attached hydrogen (secondary N) is 1. The summed E-state index contributed by atoms with van der Waals surface area (Å²) in [4.78, 5) is 0.794. The summed E-state index contributed by atoms with van der Waals surface area (Å²) in [5.74, 6) is 0.944. The molecule has 1 aliphatic heterocycles. The van der Waals surface area contributed by atoms with E-state index in [1.54, 1.807) is 0 Å². The Hall–Kier alpha value is 0.440. The zero-order valence-electron chi connectivity index (χ0n) is 4.73. The first-order valence-electron chi connectivity index (χ1n) is 3.25. The third-order valence-corrected chi connectivity index (χ3v) is 3.71. The van der Waals surface area contributed by atoms with E-state index in [9.17, 15) is 0 Å². The van der Waals surface area contributed by atoms with Gasteiger partial charge in [-0.3, -0.25) is 0 Å². The van der Waals surface area contributed by atoms with Crippen LogP contribution in [0.1, 0.15) is 12.8 Å². The van der Waals surface area contributed by atoms with Crippen molar-refractivity contribution in [3.8, 4) is 0 Å². The number of fused-ring (bicyclic) bond motifs is 2. The van der Waals surface area contributed by atoms with Gasteiger partial charge in [0.1, 0.15) is 0 Å². The lowest BCUT2D eigenvalue weighted by Crippen LogP contribution is -2.25. The molecule has 8 heavy (non-hydrogen) atoms. The standard InChI is InChI=1S/C6H10BrN/c7-6-4-1-2-5(6)8-3-4/h4-6,8H,1-3H2/t4-,5-,6-/m1/s1. The monoisotopic (exact) mass is 175 g/mol. The van der Waals surface area contributed by atoms with Crippen LogP contribution in [0.2, 0.25) is 0 Å². The maximum Gasteiger partial charge on any atom is 0.0339 e. The maximum absolute atomic E-state index is 3.67. The second-order valence-corrected chi connectivity index (χ2v) is 3.85. The summed E-state index contributed by atoms with van der Waals surface area (Å²) in [5.41, 5.74) is 0. The Kier molecular flexibility index (Phi) is 1.12. The van der Waals surface area contributed by atoms with Crippen molar-refractivity contribution in [2.24, 2.45) is 5.92 Å². The summed E-state index contributed by atoms with van der Waals surface area (Å²) in [6, 6.07) is 0.806. The highest BCUT2D eigenvalue weighted by Gasteiger charge is 2.39. The number of rotatable bonds is 0. The summed E-state index contributed by atoms with van der Waals surface area (Å²) < 4.78 is 0. The Labute approximate surface area is 58.0 Å². The normalized spacial score (nSPS) is 52.9. The van der Waals surface area contributed by atoms with Crippen molar-refractivity contribution in [3.05, 3.63) is 0 Å². The maximum atomic E-state index is 3.67. The van der Waals surface area contributed by atoms with Crippen LogP contribution in [-0.2, 0) is 0 Å². The van der Waals surface area contributed by atoms with E-state index in [2.05, 4.69) is 21.2 Å². The molecular formula is C6H10BrN. The number of piperidine rings is 1. The Bertz CT molecular complexity index is 84.7. The van der Waals surface area contributed by atoms with E-state index in [0.29, 0.717) is 0 Å². The number of hydrogen-bond acceptors (Lipinski definition) is 1. The lowest BCUT2D eigenvalue weighted by atomic mass is 10.1. The fourth-order valence-corrected chi connectivity index (χ4v) is 2.68. The second kappa shape index (κ2) is 1.71. The molecule has 3 atom stereocenters. The van der Waals surface area contributed by atoms with Gasteiger partial charge in [-0.1, -0.05) is 15.9 Å². The summed E-state index contributed by atoms with van der Waals surface area (Å²) in [6.07, 6.45) is 2.83. The van der Waals surface area contributed by atoms with Crippen molar-refractivity contribution in [2.75, 3.05) is 6.54 Å². The van der Waals surface area contributed by atoms with E-state index in [1.807, 2.05) is 0 Å². The molecule has 0 amide bonds. The van der Waals surface area contributed by atoms with Crippen LogP contribution in [0, 0.1) is 5.92 Å². The van der Waals surface area contributed by atoms with E-state index in [-0.39, 0.29) is 0 Å². The van der Waals surface area contributed by atoms with E-state index in [0.717, 1.165) is 16.8 Å². The molecule has 1 saturated carbocycles. The molecule has 0 aromatic heterocycles. The fourth-order valence-electron chi connectivity index (χ4n) is 1.77. The predicted molar refractivity (Wildman–Crippen MR) is 37.2 cm³/mol. The first-order valence-corrected chi connectivity index (χ1v) is 4.17. The molecule has 0 aromatic carbocycles. The van der Waals surface area contributed by atoms with Crippen LogP contribution in [0.25, 0.3) is 0 Å². The molecule has 0 aromatic rings. The Morgan fingerprint density at radius 3 is 2.38 bits per heavy atom. The molecule has 2 aliphatic rings. The first-order chi connectivity index (χ1) is 3.88. The van der Waals surface area contributed by atoms with Crippen molar-refractivity contribution in [3.63, 3.8) is 0 Å². The molecular weight excluding hydrogens is 166 g/mol. The van der Waals surface area contributed by atoms with Gasteiger partial charge in [-0.2, -0.15) is 0 Å². The van der Waals surface area contributed by atoms with E-state index in [4.69, 9.17) is 0 Å². The van der Waals surface area contributed by atoms with Gasteiger partial charge in [0.15, 0.2) is 0 Å². The van der Waals surface area contributed by atoms with Crippen LogP contribution < -0.4 is 5.32 Å². The highest BCUT2D eigenvalue weighted by Crippen LogP contribution is 2.36. The molecule has 0 unspecified atom stereocenters. The number of halogens is 1. The Balaban J connectivity index is 2.16. The summed E-state index contributed by atoms with van der Waals surface area (Å²) in [5, 5.41) is 3.46. The van der Waals surface area contributed by atoms with Gasteiger partial charge >= 0.3 is 0 Å². The largest absolute Gasteiger partial charge is 0.313 e. The molecule has 1 saturated heterocycles. The van der Waals surface area contributed by atoms with Crippen molar-refractivity contribution < 1.29 is 0 Å². The SMILES string of the molecule is Br[C@@H]1[C@@H]2CC[C@H]1NC2. The molecule has 2 bridgehead atoms. The van der Waals surface area contributed by atoms with Crippen LogP contribution in [0.4, 0.5) is 0 Å². The minimum atomic E-state index is 0.794. The predicted octanol–water partition coefficient (Wildman–Crippen LogP) is 1.13. The summed E-state index contributed by atoms with van der Waals surface area (Å²) >= 11 is 3.67. The molecule has 1 N–H and O–H groups in total. The van der Waals surface area contributed by atoms with Crippen LogP contribution >= 0.6 is 15.9 Å². The van der Waals surface area contributed by atoms with Gasteiger partial charge in [-0.25, -0.2) is 0 Å². The second-order valence-electron chi connectivity index (χ2n) is 2.80. The van der Waals surface area contributed by atoms with Crippen LogP contribution in [-0.4, -0.2) is 17.4 Å². The van der Waals surface area contributed by atoms with Gasteiger partial charge < -0.3 is 5.32 Å². The molecule has 46 valence electrons. The lowest BCUT2D eigenvalue weighted by Gasteiger charge is -2.07.